The average molecular weight is 423 g/mol. The molecule has 2 aliphatic rings. The van der Waals surface area contributed by atoms with Crippen LogP contribution in [0, 0.1) is 5.41 Å². The highest BCUT2D eigenvalue weighted by molar-refractivity contribution is 14.0. The molecule has 0 radical (unpaired) electrons. The summed E-state index contributed by atoms with van der Waals surface area (Å²) in [5, 5.41) is 3.38. The van der Waals surface area contributed by atoms with Crippen LogP contribution < -0.4 is 5.32 Å². The van der Waals surface area contributed by atoms with Crippen molar-refractivity contribution in [2.75, 3.05) is 32.8 Å². The molecule has 2 fully saturated rings. The van der Waals surface area contributed by atoms with Crippen molar-refractivity contribution >= 4 is 35.9 Å². The number of aliphatic imine (C=N–C) groups is 1. The van der Waals surface area contributed by atoms with Crippen molar-refractivity contribution in [2.24, 2.45) is 10.4 Å². The number of hydrogen-bond donors (Lipinski definition) is 1. The molecule has 1 saturated carbocycles. The van der Waals surface area contributed by atoms with Crippen LogP contribution in [-0.4, -0.2) is 49.6 Å². The monoisotopic (exact) mass is 423 g/mol. The van der Waals surface area contributed by atoms with Gasteiger partial charge in [0.25, 0.3) is 0 Å². The number of carbonyl (C=O) groups excluding carboxylic acids is 1. The molecule has 2 rings (SSSR count). The van der Waals surface area contributed by atoms with Gasteiger partial charge in [0.1, 0.15) is 0 Å². The number of likely N-dealkylation sites (tertiary alicyclic amines) is 1. The van der Waals surface area contributed by atoms with Crippen molar-refractivity contribution < 1.29 is 9.53 Å². The standard InChI is InChI=1S/C16H29N3O2.HI/c1-3-17-15(18-11-5-7-14(20)21-4-2)19-12-10-16(13-19)8-6-9-16;/h3-13H2,1-2H3,(H,17,18);1H. The molecule has 1 aliphatic carbocycles. The van der Waals surface area contributed by atoms with Crippen LogP contribution in [0.2, 0.25) is 0 Å². The van der Waals surface area contributed by atoms with Crippen molar-refractivity contribution in [2.45, 2.75) is 52.4 Å². The van der Waals surface area contributed by atoms with Gasteiger partial charge in [-0.25, -0.2) is 0 Å². The molecule has 1 N–H and O–H groups in total. The topological polar surface area (TPSA) is 53.9 Å². The number of ether oxygens (including phenoxy) is 1. The van der Waals surface area contributed by atoms with Crippen molar-refractivity contribution in [1.82, 2.24) is 10.2 Å². The van der Waals surface area contributed by atoms with Crippen LogP contribution in [0.5, 0.6) is 0 Å². The lowest BCUT2D eigenvalue weighted by atomic mass is 9.68. The first-order valence-corrected chi connectivity index (χ1v) is 8.38. The summed E-state index contributed by atoms with van der Waals surface area (Å²) in [5.41, 5.74) is 0.584. The SMILES string of the molecule is CCNC(=NCCCC(=O)OCC)N1CCC2(CCC2)C1.I. The minimum absolute atomic E-state index is 0. The van der Waals surface area contributed by atoms with Crippen LogP contribution in [0.4, 0.5) is 0 Å². The largest absolute Gasteiger partial charge is 0.466 e. The first-order chi connectivity index (χ1) is 10.2. The van der Waals surface area contributed by atoms with Gasteiger partial charge >= 0.3 is 5.97 Å². The van der Waals surface area contributed by atoms with E-state index >= 15 is 0 Å². The fraction of sp³-hybridized carbons (Fsp3) is 0.875. The van der Waals surface area contributed by atoms with Gasteiger partial charge in [0.15, 0.2) is 5.96 Å². The molecular formula is C16H30IN3O2. The second-order valence-corrected chi connectivity index (χ2v) is 6.17. The fourth-order valence-corrected chi connectivity index (χ4v) is 3.27. The lowest BCUT2D eigenvalue weighted by molar-refractivity contribution is -0.143. The first-order valence-electron chi connectivity index (χ1n) is 8.38. The molecule has 1 spiro atoms. The summed E-state index contributed by atoms with van der Waals surface area (Å²) < 4.78 is 4.93. The molecule has 128 valence electrons. The second-order valence-electron chi connectivity index (χ2n) is 6.17. The second kappa shape index (κ2) is 9.57. The van der Waals surface area contributed by atoms with Crippen molar-refractivity contribution in [3.63, 3.8) is 0 Å². The molecule has 0 aromatic rings. The Bertz CT molecular complexity index is 384. The zero-order valence-corrected chi connectivity index (χ0v) is 16.2. The maximum absolute atomic E-state index is 11.3. The van der Waals surface area contributed by atoms with E-state index in [1.807, 2.05) is 6.92 Å². The average Bonchev–Trinajstić information content (AvgIpc) is 2.88. The van der Waals surface area contributed by atoms with Crippen LogP contribution >= 0.6 is 24.0 Å². The zero-order valence-electron chi connectivity index (χ0n) is 13.9. The van der Waals surface area contributed by atoms with Gasteiger partial charge in [-0.1, -0.05) is 6.42 Å². The van der Waals surface area contributed by atoms with Crippen LogP contribution in [-0.2, 0) is 9.53 Å². The van der Waals surface area contributed by atoms with E-state index in [1.54, 1.807) is 0 Å². The van der Waals surface area contributed by atoms with Crippen LogP contribution in [0.15, 0.2) is 4.99 Å². The third-order valence-corrected chi connectivity index (χ3v) is 4.59. The highest BCUT2D eigenvalue weighted by atomic mass is 127. The van der Waals surface area contributed by atoms with Crippen molar-refractivity contribution in [3.05, 3.63) is 0 Å². The highest BCUT2D eigenvalue weighted by Gasteiger charge is 2.43. The zero-order chi connectivity index (χ0) is 15.1. The Labute approximate surface area is 151 Å². The van der Waals surface area contributed by atoms with Gasteiger partial charge in [-0.15, -0.1) is 24.0 Å². The fourth-order valence-electron chi connectivity index (χ4n) is 3.27. The van der Waals surface area contributed by atoms with Gasteiger partial charge in [-0.2, -0.15) is 0 Å². The Morgan fingerprint density at radius 1 is 1.32 bits per heavy atom. The molecule has 6 heteroatoms. The van der Waals surface area contributed by atoms with Gasteiger partial charge < -0.3 is 15.0 Å². The van der Waals surface area contributed by atoms with Gasteiger partial charge in [0.2, 0.25) is 0 Å². The predicted octanol–water partition coefficient (Wildman–Crippen LogP) is 2.79. The summed E-state index contributed by atoms with van der Waals surface area (Å²) in [7, 11) is 0. The smallest absolute Gasteiger partial charge is 0.305 e. The summed E-state index contributed by atoms with van der Waals surface area (Å²) in [6, 6.07) is 0. The molecule has 5 nitrogen and oxygen atoms in total. The third kappa shape index (κ3) is 5.28. The number of guanidine groups is 1. The van der Waals surface area contributed by atoms with E-state index < -0.39 is 0 Å². The molecule has 0 bridgehead atoms. The number of esters is 1. The Kier molecular flexibility index (Phi) is 8.49. The maximum atomic E-state index is 11.3. The Hall–Kier alpha value is -0.530. The molecule has 22 heavy (non-hydrogen) atoms. The molecular weight excluding hydrogens is 393 g/mol. The summed E-state index contributed by atoms with van der Waals surface area (Å²) in [5.74, 6) is 0.900. The van der Waals surface area contributed by atoms with Gasteiger partial charge in [0.05, 0.1) is 6.61 Å². The Morgan fingerprint density at radius 2 is 2.09 bits per heavy atom. The van der Waals surface area contributed by atoms with E-state index in [9.17, 15) is 4.79 Å². The Balaban J connectivity index is 0.00000242. The van der Waals surface area contributed by atoms with E-state index in [0.717, 1.165) is 32.0 Å². The van der Waals surface area contributed by atoms with Gasteiger partial charge in [-0.3, -0.25) is 9.79 Å². The van der Waals surface area contributed by atoms with Gasteiger partial charge in [-0.05, 0) is 44.9 Å². The lowest BCUT2D eigenvalue weighted by Gasteiger charge is -2.38. The van der Waals surface area contributed by atoms with Crippen LogP contribution in [0.3, 0.4) is 0 Å². The number of hydrogen-bond acceptors (Lipinski definition) is 3. The van der Waals surface area contributed by atoms with Crippen LogP contribution in [0.1, 0.15) is 52.4 Å². The third-order valence-electron chi connectivity index (χ3n) is 4.59. The molecule has 1 heterocycles. The minimum atomic E-state index is -0.118. The maximum Gasteiger partial charge on any atom is 0.305 e. The molecule has 0 atom stereocenters. The number of rotatable bonds is 6. The molecule has 0 aromatic carbocycles. The van der Waals surface area contributed by atoms with E-state index in [-0.39, 0.29) is 29.9 Å². The van der Waals surface area contributed by atoms with E-state index in [4.69, 9.17) is 4.74 Å². The Morgan fingerprint density at radius 3 is 2.64 bits per heavy atom. The summed E-state index contributed by atoms with van der Waals surface area (Å²) in [6.45, 7) is 8.23. The molecule has 0 amide bonds. The number of nitrogens with zero attached hydrogens (tertiary/aromatic N) is 2. The lowest BCUT2D eigenvalue weighted by Crippen LogP contribution is -2.42. The molecule has 0 aromatic heterocycles. The van der Waals surface area contributed by atoms with Crippen molar-refractivity contribution in [1.29, 1.82) is 0 Å². The normalized spacial score (nSPS) is 19.5. The number of halogens is 1. The van der Waals surface area contributed by atoms with E-state index in [0.29, 0.717) is 25.0 Å². The van der Waals surface area contributed by atoms with Gasteiger partial charge in [0, 0.05) is 32.6 Å². The van der Waals surface area contributed by atoms with E-state index in [1.165, 1.54) is 25.7 Å². The summed E-state index contributed by atoms with van der Waals surface area (Å²) in [6.07, 6.45) is 6.67. The molecule has 1 saturated heterocycles. The summed E-state index contributed by atoms with van der Waals surface area (Å²) in [4.78, 5) is 18.4. The minimum Gasteiger partial charge on any atom is -0.466 e. The van der Waals surface area contributed by atoms with Crippen LogP contribution in [0.25, 0.3) is 0 Å². The quantitative estimate of drug-likeness (QED) is 0.235. The van der Waals surface area contributed by atoms with Crippen molar-refractivity contribution in [3.8, 4) is 0 Å². The highest BCUT2D eigenvalue weighted by Crippen LogP contribution is 2.47. The van der Waals surface area contributed by atoms with E-state index in [2.05, 4.69) is 22.1 Å². The summed E-state index contributed by atoms with van der Waals surface area (Å²) >= 11 is 0. The molecule has 0 unspecified atom stereocenters. The number of carbonyl (C=O) groups is 1. The number of nitrogens with one attached hydrogen (secondary N) is 1. The molecule has 1 aliphatic heterocycles. The predicted molar refractivity (Wildman–Crippen MR) is 99.7 cm³/mol. The first kappa shape index (κ1) is 19.5.